The Morgan fingerprint density at radius 1 is 1.42 bits per heavy atom. The molecule has 0 heterocycles. The predicted molar refractivity (Wildman–Crippen MR) is 72.4 cm³/mol. The maximum atomic E-state index is 11.2. The summed E-state index contributed by atoms with van der Waals surface area (Å²) in [6.45, 7) is 0.526. The number of halogens is 1. The molecule has 1 saturated carbocycles. The lowest BCUT2D eigenvalue weighted by atomic mass is 10.1. The summed E-state index contributed by atoms with van der Waals surface area (Å²) in [5.41, 5.74) is 0.0438. The minimum absolute atomic E-state index is 0.0438. The van der Waals surface area contributed by atoms with Gasteiger partial charge in [-0.05, 0) is 24.8 Å². The lowest BCUT2D eigenvalue weighted by Gasteiger charge is -2.16. The summed E-state index contributed by atoms with van der Waals surface area (Å²) in [6.07, 6.45) is 4.71. The number of benzene rings is 1. The Kier molecular flexibility index (Phi) is 4.53. The first-order valence-electron chi connectivity index (χ1n) is 6.35. The molecule has 0 bridgehead atoms. The van der Waals surface area contributed by atoms with Gasteiger partial charge in [-0.25, -0.2) is 4.79 Å². The molecular weight excluding hydrogens is 268 g/mol. The van der Waals surface area contributed by atoms with Gasteiger partial charge in [0, 0.05) is 11.1 Å². The average Bonchev–Trinajstić information content (AvgIpc) is 2.89. The second kappa shape index (κ2) is 6.15. The number of carboxylic acids is 1. The van der Waals surface area contributed by atoms with Crippen LogP contribution in [0.1, 0.15) is 36.0 Å². The molecular formula is C14H17ClO4. The summed E-state index contributed by atoms with van der Waals surface area (Å²) in [7, 11) is 1.47. The van der Waals surface area contributed by atoms with E-state index in [9.17, 15) is 9.90 Å². The highest BCUT2D eigenvalue weighted by Crippen LogP contribution is 2.36. The van der Waals surface area contributed by atoms with Gasteiger partial charge >= 0.3 is 5.97 Å². The Hall–Kier alpha value is -1.42. The van der Waals surface area contributed by atoms with Crippen molar-refractivity contribution in [2.24, 2.45) is 5.92 Å². The van der Waals surface area contributed by atoms with E-state index >= 15 is 0 Å². The fourth-order valence-electron chi connectivity index (χ4n) is 2.41. The zero-order chi connectivity index (χ0) is 13.8. The molecule has 2 rings (SSSR count). The number of aromatic carboxylic acids is 1. The molecule has 5 heteroatoms. The molecule has 1 aromatic carbocycles. The minimum Gasteiger partial charge on any atom is -0.493 e. The summed E-state index contributed by atoms with van der Waals surface area (Å²) in [5.74, 6) is 0.0680. The van der Waals surface area contributed by atoms with Gasteiger partial charge in [-0.3, -0.25) is 0 Å². The number of ether oxygens (including phenoxy) is 2. The zero-order valence-electron chi connectivity index (χ0n) is 10.8. The van der Waals surface area contributed by atoms with E-state index in [1.54, 1.807) is 6.07 Å². The van der Waals surface area contributed by atoms with Crippen LogP contribution in [0.5, 0.6) is 11.5 Å². The second-order valence-corrected chi connectivity index (χ2v) is 5.19. The summed E-state index contributed by atoms with van der Waals surface area (Å²) in [4.78, 5) is 11.2. The highest BCUT2D eigenvalue weighted by Gasteiger charge is 2.21. The van der Waals surface area contributed by atoms with Gasteiger partial charge in [0.05, 0.1) is 13.7 Å². The Morgan fingerprint density at radius 3 is 2.68 bits per heavy atom. The topological polar surface area (TPSA) is 55.8 Å². The number of hydrogen-bond donors (Lipinski definition) is 1. The third kappa shape index (κ3) is 3.32. The van der Waals surface area contributed by atoms with Gasteiger partial charge < -0.3 is 14.6 Å². The van der Waals surface area contributed by atoms with Crippen LogP contribution in [-0.4, -0.2) is 24.8 Å². The first kappa shape index (κ1) is 14.0. The van der Waals surface area contributed by atoms with Crippen LogP contribution in [0.15, 0.2) is 12.1 Å². The molecule has 0 unspecified atom stereocenters. The van der Waals surface area contributed by atoms with Crippen LogP contribution in [0.4, 0.5) is 0 Å². The van der Waals surface area contributed by atoms with Crippen LogP contribution in [0.2, 0.25) is 5.02 Å². The van der Waals surface area contributed by atoms with Gasteiger partial charge in [0.2, 0.25) is 0 Å². The first-order valence-corrected chi connectivity index (χ1v) is 6.73. The van der Waals surface area contributed by atoms with E-state index in [2.05, 4.69) is 0 Å². The molecule has 1 aliphatic carbocycles. The van der Waals surface area contributed by atoms with Crippen molar-refractivity contribution in [3.8, 4) is 11.5 Å². The Morgan fingerprint density at radius 2 is 2.11 bits per heavy atom. The van der Waals surface area contributed by atoms with Crippen molar-refractivity contribution in [3.05, 3.63) is 22.7 Å². The van der Waals surface area contributed by atoms with Crippen molar-refractivity contribution in [2.45, 2.75) is 25.7 Å². The molecule has 104 valence electrons. The van der Waals surface area contributed by atoms with Crippen molar-refractivity contribution < 1.29 is 19.4 Å². The third-order valence-electron chi connectivity index (χ3n) is 3.41. The molecule has 0 radical (unpaired) electrons. The predicted octanol–water partition coefficient (Wildman–Crippen LogP) is 3.62. The average molecular weight is 285 g/mol. The maximum Gasteiger partial charge on any atom is 0.339 e. The van der Waals surface area contributed by atoms with Gasteiger partial charge in [-0.2, -0.15) is 0 Å². The maximum absolute atomic E-state index is 11.2. The number of carbonyl (C=O) groups is 1. The van der Waals surface area contributed by atoms with Crippen molar-refractivity contribution >= 4 is 17.6 Å². The van der Waals surface area contributed by atoms with E-state index < -0.39 is 5.97 Å². The SMILES string of the molecule is COc1cc(Cl)cc(C(=O)O)c1OCC1CCCC1. The molecule has 1 fully saturated rings. The quantitative estimate of drug-likeness (QED) is 0.897. The van der Waals surface area contributed by atoms with Crippen molar-refractivity contribution in [3.63, 3.8) is 0 Å². The molecule has 1 aromatic rings. The summed E-state index contributed by atoms with van der Waals surface area (Å²) >= 11 is 5.87. The van der Waals surface area contributed by atoms with Gasteiger partial charge in [0.15, 0.2) is 11.5 Å². The molecule has 19 heavy (non-hydrogen) atoms. The summed E-state index contributed by atoms with van der Waals surface area (Å²) in [6, 6.07) is 2.95. The Labute approximate surface area is 117 Å². The second-order valence-electron chi connectivity index (χ2n) is 4.75. The van der Waals surface area contributed by atoms with Crippen LogP contribution in [-0.2, 0) is 0 Å². The van der Waals surface area contributed by atoms with Gasteiger partial charge in [-0.15, -0.1) is 0 Å². The molecule has 1 N–H and O–H groups in total. The standard InChI is InChI=1S/C14H17ClO4/c1-18-12-7-10(15)6-11(14(16)17)13(12)19-8-9-4-2-3-5-9/h6-7,9H,2-5,8H2,1H3,(H,16,17). The van der Waals surface area contributed by atoms with E-state index in [-0.39, 0.29) is 11.3 Å². The van der Waals surface area contributed by atoms with Gasteiger partial charge in [0.1, 0.15) is 5.56 Å². The largest absolute Gasteiger partial charge is 0.493 e. The molecule has 0 spiro atoms. The van der Waals surface area contributed by atoms with E-state index in [1.807, 2.05) is 0 Å². The van der Waals surface area contributed by atoms with Crippen molar-refractivity contribution in [2.75, 3.05) is 13.7 Å². The lowest BCUT2D eigenvalue weighted by molar-refractivity contribution is 0.0690. The minimum atomic E-state index is -1.07. The van der Waals surface area contributed by atoms with E-state index in [4.69, 9.17) is 21.1 Å². The molecule has 0 aromatic heterocycles. The molecule has 0 atom stereocenters. The molecule has 0 aliphatic heterocycles. The number of rotatable bonds is 5. The molecule has 1 aliphatic rings. The molecule has 4 nitrogen and oxygen atoms in total. The Bertz CT molecular complexity index is 467. The summed E-state index contributed by atoms with van der Waals surface area (Å²) in [5, 5.41) is 9.53. The van der Waals surface area contributed by atoms with Crippen LogP contribution < -0.4 is 9.47 Å². The molecule has 0 saturated heterocycles. The number of hydrogen-bond acceptors (Lipinski definition) is 3. The zero-order valence-corrected chi connectivity index (χ0v) is 11.6. The van der Waals surface area contributed by atoms with Crippen LogP contribution >= 0.6 is 11.6 Å². The first-order chi connectivity index (χ1) is 9.11. The van der Waals surface area contributed by atoms with Crippen LogP contribution in [0.25, 0.3) is 0 Å². The van der Waals surface area contributed by atoms with Crippen LogP contribution in [0.3, 0.4) is 0 Å². The Balaban J connectivity index is 2.22. The number of carboxylic acid groups (broad SMARTS) is 1. The van der Waals surface area contributed by atoms with E-state index in [1.165, 1.54) is 26.0 Å². The monoisotopic (exact) mass is 284 g/mol. The highest BCUT2D eigenvalue weighted by molar-refractivity contribution is 6.31. The molecule has 0 amide bonds. The lowest BCUT2D eigenvalue weighted by Crippen LogP contribution is -2.11. The van der Waals surface area contributed by atoms with Gasteiger partial charge in [0.25, 0.3) is 0 Å². The third-order valence-corrected chi connectivity index (χ3v) is 3.63. The summed E-state index contributed by atoms with van der Waals surface area (Å²) < 4.78 is 10.9. The van der Waals surface area contributed by atoms with Gasteiger partial charge in [-0.1, -0.05) is 24.4 Å². The number of methoxy groups -OCH3 is 1. The van der Waals surface area contributed by atoms with Crippen molar-refractivity contribution in [1.29, 1.82) is 0 Å². The van der Waals surface area contributed by atoms with E-state index in [0.29, 0.717) is 23.3 Å². The van der Waals surface area contributed by atoms with Crippen molar-refractivity contribution in [1.82, 2.24) is 0 Å². The van der Waals surface area contributed by atoms with E-state index in [0.717, 1.165) is 12.8 Å². The fourth-order valence-corrected chi connectivity index (χ4v) is 2.61. The normalized spacial score (nSPS) is 15.5. The fraction of sp³-hybridized carbons (Fsp3) is 0.500. The smallest absolute Gasteiger partial charge is 0.339 e. The highest BCUT2D eigenvalue weighted by atomic mass is 35.5. The van der Waals surface area contributed by atoms with Crippen LogP contribution in [0, 0.1) is 5.92 Å².